The topological polar surface area (TPSA) is 20.3 Å². The first kappa shape index (κ1) is 12.2. The molecule has 1 aromatic rings. The fourth-order valence-electron chi connectivity index (χ4n) is 2.20. The molecular formula is C13H15F2NO. The van der Waals surface area contributed by atoms with Crippen LogP contribution in [0.25, 0.3) is 0 Å². The van der Waals surface area contributed by atoms with E-state index in [0.29, 0.717) is 31.6 Å². The minimum absolute atomic E-state index is 0.0159. The second-order valence-electron chi connectivity index (χ2n) is 4.63. The van der Waals surface area contributed by atoms with E-state index in [0.717, 1.165) is 6.07 Å². The van der Waals surface area contributed by atoms with Gasteiger partial charge in [-0.3, -0.25) is 9.69 Å². The second-order valence-corrected chi connectivity index (χ2v) is 4.63. The van der Waals surface area contributed by atoms with E-state index in [-0.39, 0.29) is 11.7 Å². The lowest BCUT2D eigenvalue weighted by molar-refractivity contribution is -0.125. The molecular weight excluding hydrogens is 224 g/mol. The third kappa shape index (κ3) is 3.09. The summed E-state index contributed by atoms with van der Waals surface area (Å²) in [6, 6.07) is 3.54. The minimum Gasteiger partial charge on any atom is -0.299 e. The number of likely N-dealkylation sites (tertiary alicyclic amines) is 1. The SMILES string of the molecule is CC1CN(Cc2cc(F)cc(F)c2)CCC1=O. The van der Waals surface area contributed by atoms with Gasteiger partial charge in [0, 0.05) is 38.0 Å². The van der Waals surface area contributed by atoms with Crippen LogP contribution < -0.4 is 0 Å². The largest absolute Gasteiger partial charge is 0.299 e. The quantitative estimate of drug-likeness (QED) is 0.789. The lowest BCUT2D eigenvalue weighted by atomic mass is 9.98. The van der Waals surface area contributed by atoms with E-state index < -0.39 is 11.6 Å². The highest BCUT2D eigenvalue weighted by Crippen LogP contribution is 2.16. The fraction of sp³-hybridized carbons (Fsp3) is 0.462. The van der Waals surface area contributed by atoms with Gasteiger partial charge in [0.15, 0.2) is 0 Å². The van der Waals surface area contributed by atoms with Crippen LogP contribution in [0.2, 0.25) is 0 Å². The molecule has 0 aromatic heterocycles. The number of hydrogen-bond acceptors (Lipinski definition) is 2. The average Bonchev–Trinajstić information content (AvgIpc) is 2.22. The molecule has 0 radical (unpaired) electrons. The monoisotopic (exact) mass is 239 g/mol. The van der Waals surface area contributed by atoms with Crippen molar-refractivity contribution in [3.8, 4) is 0 Å². The smallest absolute Gasteiger partial charge is 0.138 e. The van der Waals surface area contributed by atoms with Crippen molar-refractivity contribution in [1.82, 2.24) is 4.90 Å². The molecule has 1 saturated heterocycles. The summed E-state index contributed by atoms with van der Waals surface area (Å²) >= 11 is 0. The van der Waals surface area contributed by atoms with Gasteiger partial charge in [0.1, 0.15) is 17.4 Å². The summed E-state index contributed by atoms with van der Waals surface area (Å²) in [6.45, 7) is 3.71. The van der Waals surface area contributed by atoms with Gasteiger partial charge in [-0.1, -0.05) is 6.92 Å². The number of halogens is 2. The van der Waals surface area contributed by atoms with Gasteiger partial charge in [-0.15, -0.1) is 0 Å². The Kier molecular flexibility index (Phi) is 3.52. The van der Waals surface area contributed by atoms with E-state index in [1.807, 2.05) is 6.92 Å². The molecule has 17 heavy (non-hydrogen) atoms. The summed E-state index contributed by atoms with van der Waals surface area (Å²) in [5.74, 6) is -0.823. The molecule has 1 fully saturated rings. The lowest BCUT2D eigenvalue weighted by Crippen LogP contribution is -2.39. The maximum Gasteiger partial charge on any atom is 0.138 e. The predicted octanol–water partition coefficient (Wildman–Crippen LogP) is 2.38. The van der Waals surface area contributed by atoms with Crippen LogP contribution >= 0.6 is 0 Å². The van der Waals surface area contributed by atoms with Crippen LogP contribution in [0, 0.1) is 17.6 Å². The highest BCUT2D eigenvalue weighted by Gasteiger charge is 2.23. The Morgan fingerprint density at radius 2 is 1.94 bits per heavy atom. The molecule has 1 aromatic carbocycles. The minimum atomic E-state index is -0.555. The molecule has 0 spiro atoms. The molecule has 0 aliphatic carbocycles. The molecule has 0 N–H and O–H groups in total. The van der Waals surface area contributed by atoms with Crippen LogP contribution in [0.1, 0.15) is 18.9 Å². The van der Waals surface area contributed by atoms with Crippen molar-refractivity contribution in [2.24, 2.45) is 5.92 Å². The number of nitrogens with zero attached hydrogens (tertiary/aromatic N) is 1. The van der Waals surface area contributed by atoms with Crippen LogP contribution in [-0.2, 0) is 11.3 Å². The zero-order chi connectivity index (χ0) is 12.4. The zero-order valence-electron chi connectivity index (χ0n) is 9.75. The van der Waals surface area contributed by atoms with Gasteiger partial charge in [-0.2, -0.15) is 0 Å². The third-order valence-electron chi connectivity index (χ3n) is 3.08. The molecule has 2 nitrogen and oxygen atoms in total. The first-order valence-corrected chi connectivity index (χ1v) is 5.74. The van der Waals surface area contributed by atoms with E-state index in [4.69, 9.17) is 0 Å². The number of carbonyl (C=O) groups is 1. The Labute approximate surface area is 99.2 Å². The number of hydrogen-bond donors (Lipinski definition) is 0. The molecule has 92 valence electrons. The molecule has 4 heteroatoms. The van der Waals surface area contributed by atoms with Gasteiger partial charge >= 0.3 is 0 Å². The normalized spacial score (nSPS) is 21.8. The Balaban J connectivity index is 2.03. The van der Waals surface area contributed by atoms with E-state index in [9.17, 15) is 13.6 Å². The molecule has 1 aliphatic rings. The van der Waals surface area contributed by atoms with Crippen molar-refractivity contribution >= 4 is 5.78 Å². The summed E-state index contributed by atoms with van der Waals surface area (Å²) in [5.41, 5.74) is 0.615. The number of Topliss-reactive ketones (excluding diaryl/α,β-unsaturated/α-hetero) is 1. The number of ketones is 1. The van der Waals surface area contributed by atoms with Crippen molar-refractivity contribution in [3.63, 3.8) is 0 Å². The van der Waals surface area contributed by atoms with Crippen LogP contribution in [0.15, 0.2) is 18.2 Å². The number of carbonyl (C=O) groups excluding carboxylic acids is 1. The molecule has 1 unspecified atom stereocenters. The predicted molar refractivity (Wildman–Crippen MR) is 60.4 cm³/mol. The third-order valence-corrected chi connectivity index (χ3v) is 3.08. The van der Waals surface area contributed by atoms with Crippen molar-refractivity contribution < 1.29 is 13.6 Å². The summed E-state index contributed by atoms with van der Waals surface area (Å²) < 4.78 is 26.0. The van der Waals surface area contributed by atoms with Crippen molar-refractivity contribution in [2.75, 3.05) is 13.1 Å². The van der Waals surface area contributed by atoms with Crippen LogP contribution in [0.4, 0.5) is 8.78 Å². The highest BCUT2D eigenvalue weighted by atomic mass is 19.1. The van der Waals surface area contributed by atoms with Crippen molar-refractivity contribution in [2.45, 2.75) is 19.9 Å². The van der Waals surface area contributed by atoms with Crippen LogP contribution in [0.5, 0.6) is 0 Å². The number of rotatable bonds is 2. The first-order chi connectivity index (χ1) is 8.04. The van der Waals surface area contributed by atoms with Gasteiger partial charge in [-0.25, -0.2) is 8.78 Å². The standard InChI is InChI=1S/C13H15F2NO/c1-9-7-16(3-2-13(9)17)8-10-4-11(14)6-12(15)5-10/h4-6,9H,2-3,7-8H2,1H3. The van der Waals surface area contributed by atoms with Crippen LogP contribution in [-0.4, -0.2) is 23.8 Å². The number of piperidine rings is 1. The zero-order valence-corrected chi connectivity index (χ0v) is 9.75. The maximum atomic E-state index is 13.0. The fourth-order valence-corrected chi connectivity index (χ4v) is 2.20. The Morgan fingerprint density at radius 1 is 1.29 bits per heavy atom. The molecule has 0 amide bonds. The van der Waals surface area contributed by atoms with Crippen molar-refractivity contribution in [3.05, 3.63) is 35.4 Å². The summed E-state index contributed by atoms with van der Waals surface area (Å²) in [4.78, 5) is 13.4. The van der Waals surface area contributed by atoms with E-state index >= 15 is 0 Å². The van der Waals surface area contributed by atoms with Gasteiger partial charge in [0.05, 0.1) is 0 Å². The molecule has 1 heterocycles. The van der Waals surface area contributed by atoms with Gasteiger partial charge in [-0.05, 0) is 17.7 Å². The summed E-state index contributed by atoms with van der Waals surface area (Å²) in [6.07, 6.45) is 0.527. The van der Waals surface area contributed by atoms with E-state index in [2.05, 4.69) is 4.90 Å². The molecule has 1 atom stereocenters. The molecule has 1 aliphatic heterocycles. The van der Waals surface area contributed by atoms with Gasteiger partial charge in [0.25, 0.3) is 0 Å². The Bertz CT molecular complexity index is 413. The van der Waals surface area contributed by atoms with Gasteiger partial charge in [0.2, 0.25) is 0 Å². The Hall–Kier alpha value is -1.29. The van der Waals surface area contributed by atoms with Crippen molar-refractivity contribution in [1.29, 1.82) is 0 Å². The highest BCUT2D eigenvalue weighted by molar-refractivity contribution is 5.81. The average molecular weight is 239 g/mol. The molecule has 0 saturated carbocycles. The second kappa shape index (κ2) is 4.92. The van der Waals surface area contributed by atoms with Gasteiger partial charge < -0.3 is 0 Å². The molecule has 0 bridgehead atoms. The van der Waals surface area contributed by atoms with E-state index in [1.165, 1.54) is 12.1 Å². The van der Waals surface area contributed by atoms with E-state index in [1.54, 1.807) is 0 Å². The first-order valence-electron chi connectivity index (χ1n) is 5.74. The maximum absolute atomic E-state index is 13.0. The van der Waals surface area contributed by atoms with Crippen LogP contribution in [0.3, 0.4) is 0 Å². The molecule has 2 rings (SSSR count). The number of benzene rings is 1. The summed E-state index contributed by atoms with van der Waals surface area (Å²) in [5, 5.41) is 0. The Morgan fingerprint density at radius 3 is 2.53 bits per heavy atom. The summed E-state index contributed by atoms with van der Waals surface area (Å²) in [7, 11) is 0. The lowest BCUT2D eigenvalue weighted by Gasteiger charge is -2.29.